The molecule has 2 aromatic rings. The van der Waals surface area contributed by atoms with Crippen LogP contribution in [0.4, 0.5) is 4.39 Å². The summed E-state index contributed by atoms with van der Waals surface area (Å²) in [6.07, 6.45) is 4.19. The van der Waals surface area contributed by atoms with Crippen molar-refractivity contribution in [2.24, 2.45) is 5.92 Å². The van der Waals surface area contributed by atoms with Gasteiger partial charge in [-0.1, -0.05) is 19.1 Å². The van der Waals surface area contributed by atoms with Crippen molar-refractivity contribution < 1.29 is 9.18 Å². The average molecular weight is 345 g/mol. The molecule has 1 amide bonds. The second kappa shape index (κ2) is 7.76. The topological polar surface area (TPSA) is 62.2 Å². The van der Waals surface area contributed by atoms with Gasteiger partial charge in [0.15, 0.2) is 0 Å². The molecule has 1 aromatic carbocycles. The Morgan fingerprint density at radius 3 is 2.84 bits per heavy atom. The molecule has 3 unspecified atom stereocenters. The van der Waals surface area contributed by atoms with Crippen LogP contribution in [0.5, 0.6) is 0 Å². The van der Waals surface area contributed by atoms with E-state index >= 15 is 0 Å². The van der Waals surface area contributed by atoms with Gasteiger partial charge in [0.05, 0.1) is 6.04 Å². The standard InChI is InChI=1S/C18H24FN5O/c1-3-16(24-10-4-9-21-24)18(25)23(2)12-14-11-20-22-17(14)13-5-7-15(19)8-6-13/h4-10,14,16-17,20,22H,3,11-12H2,1-2H3. The van der Waals surface area contributed by atoms with Gasteiger partial charge in [0, 0.05) is 38.4 Å². The van der Waals surface area contributed by atoms with Gasteiger partial charge >= 0.3 is 0 Å². The van der Waals surface area contributed by atoms with Crippen LogP contribution in [0, 0.1) is 11.7 Å². The van der Waals surface area contributed by atoms with E-state index in [4.69, 9.17) is 0 Å². The maximum absolute atomic E-state index is 13.2. The number of aromatic nitrogens is 2. The largest absolute Gasteiger partial charge is 0.344 e. The van der Waals surface area contributed by atoms with Crippen LogP contribution in [0.25, 0.3) is 0 Å². The number of amides is 1. The van der Waals surface area contributed by atoms with E-state index in [1.54, 1.807) is 27.9 Å². The predicted octanol–water partition coefficient (Wildman–Crippen LogP) is 1.90. The number of hydrogen-bond donors (Lipinski definition) is 2. The summed E-state index contributed by atoms with van der Waals surface area (Å²) in [4.78, 5) is 14.6. The Labute approximate surface area is 147 Å². The highest BCUT2D eigenvalue weighted by molar-refractivity contribution is 5.80. The van der Waals surface area contributed by atoms with Gasteiger partial charge in [-0.15, -0.1) is 0 Å². The molecule has 1 aliphatic rings. The lowest BCUT2D eigenvalue weighted by atomic mass is 9.94. The smallest absolute Gasteiger partial charge is 0.247 e. The molecule has 7 heteroatoms. The van der Waals surface area contributed by atoms with Gasteiger partial charge in [-0.3, -0.25) is 14.9 Å². The highest BCUT2D eigenvalue weighted by Crippen LogP contribution is 2.26. The zero-order chi connectivity index (χ0) is 17.8. The fourth-order valence-electron chi connectivity index (χ4n) is 3.37. The fourth-order valence-corrected chi connectivity index (χ4v) is 3.37. The van der Waals surface area contributed by atoms with Crippen molar-refractivity contribution in [1.29, 1.82) is 0 Å². The molecule has 1 fully saturated rings. The molecule has 1 saturated heterocycles. The molecular weight excluding hydrogens is 321 g/mol. The van der Waals surface area contributed by atoms with Gasteiger partial charge in [0.2, 0.25) is 5.91 Å². The van der Waals surface area contributed by atoms with Gasteiger partial charge in [-0.25, -0.2) is 9.82 Å². The van der Waals surface area contributed by atoms with Crippen molar-refractivity contribution >= 4 is 5.91 Å². The van der Waals surface area contributed by atoms with Crippen LogP contribution in [0.15, 0.2) is 42.7 Å². The monoisotopic (exact) mass is 345 g/mol. The molecule has 3 rings (SSSR count). The Balaban J connectivity index is 1.67. The highest BCUT2D eigenvalue weighted by Gasteiger charge is 2.32. The van der Waals surface area contributed by atoms with Crippen molar-refractivity contribution in [2.45, 2.75) is 25.4 Å². The summed E-state index contributed by atoms with van der Waals surface area (Å²) >= 11 is 0. The zero-order valence-electron chi connectivity index (χ0n) is 14.5. The van der Waals surface area contributed by atoms with E-state index in [9.17, 15) is 9.18 Å². The van der Waals surface area contributed by atoms with Crippen LogP contribution in [-0.4, -0.2) is 40.7 Å². The Kier molecular flexibility index (Phi) is 5.45. The van der Waals surface area contributed by atoms with Crippen LogP contribution in [0.3, 0.4) is 0 Å². The predicted molar refractivity (Wildman–Crippen MR) is 93.0 cm³/mol. The molecule has 1 aliphatic heterocycles. The minimum atomic E-state index is -0.286. The first-order valence-electron chi connectivity index (χ1n) is 8.58. The fraction of sp³-hybridized carbons (Fsp3) is 0.444. The third-order valence-electron chi connectivity index (χ3n) is 4.72. The van der Waals surface area contributed by atoms with Crippen molar-refractivity contribution in [1.82, 2.24) is 25.5 Å². The number of hydrogen-bond acceptors (Lipinski definition) is 4. The molecule has 2 heterocycles. The van der Waals surface area contributed by atoms with E-state index in [-0.39, 0.29) is 29.7 Å². The van der Waals surface area contributed by atoms with Gasteiger partial charge in [-0.2, -0.15) is 5.10 Å². The van der Waals surface area contributed by atoms with Crippen molar-refractivity contribution in [2.75, 3.05) is 20.1 Å². The maximum atomic E-state index is 13.2. The normalized spacial score (nSPS) is 21.2. The number of halogens is 1. The molecule has 134 valence electrons. The molecule has 2 N–H and O–H groups in total. The number of carbonyl (C=O) groups is 1. The molecule has 0 saturated carbocycles. The van der Waals surface area contributed by atoms with E-state index in [0.717, 1.165) is 12.1 Å². The van der Waals surface area contributed by atoms with Crippen LogP contribution < -0.4 is 10.9 Å². The van der Waals surface area contributed by atoms with E-state index in [2.05, 4.69) is 16.0 Å². The number of nitrogens with one attached hydrogen (secondary N) is 2. The van der Waals surface area contributed by atoms with Crippen molar-refractivity contribution in [3.05, 3.63) is 54.1 Å². The zero-order valence-corrected chi connectivity index (χ0v) is 14.5. The number of hydrazine groups is 1. The van der Waals surface area contributed by atoms with Gasteiger partial charge < -0.3 is 4.90 Å². The summed E-state index contributed by atoms with van der Waals surface area (Å²) in [6.45, 7) is 3.34. The number of rotatable bonds is 6. The number of carbonyl (C=O) groups excluding carboxylic acids is 1. The van der Waals surface area contributed by atoms with Crippen LogP contribution in [0.2, 0.25) is 0 Å². The summed E-state index contributed by atoms with van der Waals surface area (Å²) in [6, 6.07) is 8.08. The SMILES string of the molecule is CCC(C(=O)N(C)CC1CNNC1c1ccc(F)cc1)n1cccn1. The van der Waals surface area contributed by atoms with Crippen LogP contribution in [0.1, 0.15) is 31.0 Å². The molecule has 0 bridgehead atoms. The molecular formula is C18H24FN5O. The molecule has 1 aromatic heterocycles. The number of likely N-dealkylation sites (N-methyl/N-ethyl adjacent to an activating group) is 1. The first-order valence-corrected chi connectivity index (χ1v) is 8.58. The Morgan fingerprint density at radius 1 is 1.44 bits per heavy atom. The van der Waals surface area contributed by atoms with E-state index in [1.165, 1.54) is 12.1 Å². The molecule has 25 heavy (non-hydrogen) atoms. The quantitative estimate of drug-likeness (QED) is 0.839. The molecule has 0 aliphatic carbocycles. The summed E-state index contributed by atoms with van der Waals surface area (Å²) in [5.41, 5.74) is 7.39. The average Bonchev–Trinajstić information content (AvgIpc) is 3.28. The maximum Gasteiger partial charge on any atom is 0.247 e. The first-order chi connectivity index (χ1) is 12.1. The minimum absolute atomic E-state index is 0.0422. The van der Waals surface area contributed by atoms with Gasteiger partial charge in [-0.05, 0) is 30.2 Å². The first kappa shape index (κ1) is 17.6. The number of nitrogens with zero attached hydrogens (tertiary/aromatic N) is 3. The third-order valence-corrected chi connectivity index (χ3v) is 4.72. The van der Waals surface area contributed by atoms with Crippen molar-refractivity contribution in [3.63, 3.8) is 0 Å². The second-order valence-corrected chi connectivity index (χ2v) is 6.44. The molecule has 6 nitrogen and oxygen atoms in total. The highest BCUT2D eigenvalue weighted by atomic mass is 19.1. The van der Waals surface area contributed by atoms with E-state index in [0.29, 0.717) is 13.0 Å². The lowest BCUT2D eigenvalue weighted by Crippen LogP contribution is -2.39. The van der Waals surface area contributed by atoms with Crippen LogP contribution >= 0.6 is 0 Å². The number of benzene rings is 1. The molecule has 3 atom stereocenters. The second-order valence-electron chi connectivity index (χ2n) is 6.44. The Morgan fingerprint density at radius 2 is 2.20 bits per heavy atom. The summed E-state index contributed by atoms with van der Waals surface area (Å²) in [5, 5.41) is 4.20. The summed E-state index contributed by atoms with van der Waals surface area (Å²) in [7, 11) is 1.83. The third kappa shape index (κ3) is 3.88. The summed E-state index contributed by atoms with van der Waals surface area (Å²) in [5.74, 6) is 0.00839. The van der Waals surface area contributed by atoms with Gasteiger partial charge in [0.1, 0.15) is 11.9 Å². The lowest BCUT2D eigenvalue weighted by molar-refractivity contribution is -0.134. The minimum Gasteiger partial charge on any atom is -0.344 e. The summed E-state index contributed by atoms with van der Waals surface area (Å²) < 4.78 is 14.9. The molecule has 0 spiro atoms. The Hall–Kier alpha value is -2.25. The van der Waals surface area contributed by atoms with E-state index < -0.39 is 0 Å². The Bertz CT molecular complexity index is 688. The van der Waals surface area contributed by atoms with Gasteiger partial charge in [0.25, 0.3) is 0 Å². The lowest BCUT2D eigenvalue weighted by Gasteiger charge is -2.28. The van der Waals surface area contributed by atoms with E-state index in [1.807, 2.05) is 26.2 Å². The van der Waals surface area contributed by atoms with Crippen molar-refractivity contribution in [3.8, 4) is 0 Å². The molecule has 0 radical (unpaired) electrons. The van der Waals surface area contributed by atoms with Crippen LogP contribution in [-0.2, 0) is 4.79 Å².